The average molecular weight is 262 g/mol. The molecule has 2 aromatic rings. The molecule has 1 fully saturated rings. The Morgan fingerprint density at radius 1 is 1.39 bits per heavy atom. The first-order chi connectivity index (χ1) is 8.70. The van der Waals surface area contributed by atoms with E-state index in [4.69, 9.17) is 11.6 Å². The van der Waals surface area contributed by atoms with E-state index in [9.17, 15) is 0 Å². The molecule has 0 atom stereocenters. The summed E-state index contributed by atoms with van der Waals surface area (Å²) < 4.78 is 0. The molecule has 0 bridgehead atoms. The predicted octanol–water partition coefficient (Wildman–Crippen LogP) is 2.34. The van der Waals surface area contributed by atoms with Crippen molar-refractivity contribution in [2.75, 3.05) is 5.32 Å². The molecule has 0 radical (unpaired) electrons. The zero-order valence-electron chi connectivity index (χ0n) is 9.94. The summed E-state index contributed by atoms with van der Waals surface area (Å²) >= 11 is 6.20. The van der Waals surface area contributed by atoms with Crippen molar-refractivity contribution in [3.8, 4) is 11.3 Å². The largest absolute Gasteiger partial charge is 0.371 e. The van der Waals surface area contributed by atoms with Crippen molar-refractivity contribution in [1.82, 2.24) is 20.0 Å². The molecule has 1 spiro atoms. The molecule has 3 heterocycles. The van der Waals surface area contributed by atoms with E-state index >= 15 is 0 Å². The van der Waals surface area contributed by atoms with Gasteiger partial charge in [0.15, 0.2) is 5.15 Å². The smallest absolute Gasteiger partial charge is 0.152 e. The number of anilines is 1. The van der Waals surface area contributed by atoms with Gasteiger partial charge in [-0.15, -0.1) is 0 Å². The van der Waals surface area contributed by atoms with Crippen molar-refractivity contribution in [2.45, 2.75) is 24.8 Å². The highest BCUT2D eigenvalue weighted by Gasteiger charge is 2.47. The van der Waals surface area contributed by atoms with Crippen molar-refractivity contribution < 1.29 is 0 Å². The minimum Gasteiger partial charge on any atom is -0.371 e. The van der Waals surface area contributed by atoms with Crippen molar-refractivity contribution in [1.29, 1.82) is 0 Å². The lowest BCUT2D eigenvalue weighted by Gasteiger charge is -2.44. The first-order valence-electron chi connectivity index (χ1n) is 6.04. The number of aryl methyl sites for hydroxylation is 1. The van der Waals surface area contributed by atoms with Crippen LogP contribution in [0.1, 0.15) is 25.0 Å². The zero-order valence-corrected chi connectivity index (χ0v) is 10.7. The van der Waals surface area contributed by atoms with E-state index in [0.717, 1.165) is 35.5 Å². The molecule has 6 heteroatoms. The van der Waals surface area contributed by atoms with Crippen LogP contribution in [0.5, 0.6) is 0 Å². The molecule has 5 nitrogen and oxygen atoms in total. The van der Waals surface area contributed by atoms with Gasteiger partial charge in [0.05, 0.1) is 11.2 Å². The standard InChI is InChI=1S/C12H12ClN5/c1-18-16-8-7-3-6-14-11(13)9(7)15-12(4-2-5-12)10(8)17-18/h3,6,15H,2,4-5H2,1H3. The van der Waals surface area contributed by atoms with Crippen LogP contribution in [0.25, 0.3) is 11.3 Å². The maximum Gasteiger partial charge on any atom is 0.152 e. The van der Waals surface area contributed by atoms with Crippen molar-refractivity contribution in [3.63, 3.8) is 0 Å². The molecule has 1 N–H and O–H groups in total. The SMILES string of the molecule is Cn1nc2c(n1)C1(CCC1)Nc1c-2ccnc1Cl. The van der Waals surface area contributed by atoms with Gasteiger partial charge in [0, 0.05) is 18.8 Å². The highest BCUT2D eigenvalue weighted by Crippen LogP contribution is 2.52. The molecule has 0 unspecified atom stereocenters. The number of fused-ring (bicyclic) bond motifs is 4. The first kappa shape index (κ1) is 10.3. The predicted molar refractivity (Wildman–Crippen MR) is 68.4 cm³/mol. The lowest BCUT2D eigenvalue weighted by atomic mass is 9.71. The summed E-state index contributed by atoms with van der Waals surface area (Å²) in [7, 11) is 1.85. The Kier molecular flexibility index (Phi) is 1.85. The molecule has 1 aliphatic carbocycles. The number of nitrogens with one attached hydrogen (secondary N) is 1. The van der Waals surface area contributed by atoms with Gasteiger partial charge in [0.1, 0.15) is 11.4 Å². The number of nitrogens with zero attached hydrogens (tertiary/aromatic N) is 4. The molecule has 18 heavy (non-hydrogen) atoms. The summed E-state index contributed by atoms with van der Waals surface area (Å²) in [6.07, 6.45) is 5.06. The van der Waals surface area contributed by atoms with Crippen LogP contribution in [0, 0.1) is 0 Å². The second-order valence-electron chi connectivity index (χ2n) is 4.97. The van der Waals surface area contributed by atoms with Crippen LogP contribution in [0.4, 0.5) is 5.69 Å². The van der Waals surface area contributed by atoms with Crippen molar-refractivity contribution >= 4 is 17.3 Å². The molecular weight excluding hydrogens is 250 g/mol. The third-order valence-corrected chi connectivity index (χ3v) is 4.18. The highest BCUT2D eigenvalue weighted by atomic mass is 35.5. The van der Waals surface area contributed by atoms with E-state index < -0.39 is 0 Å². The van der Waals surface area contributed by atoms with E-state index in [2.05, 4.69) is 20.5 Å². The van der Waals surface area contributed by atoms with Crippen LogP contribution < -0.4 is 5.32 Å². The third-order valence-electron chi connectivity index (χ3n) is 3.90. The Morgan fingerprint density at radius 2 is 2.22 bits per heavy atom. The van der Waals surface area contributed by atoms with Crippen molar-refractivity contribution in [3.05, 3.63) is 23.1 Å². The Labute approximate surface area is 109 Å². The van der Waals surface area contributed by atoms with E-state index in [1.165, 1.54) is 6.42 Å². The van der Waals surface area contributed by atoms with Crippen LogP contribution in [0.2, 0.25) is 5.15 Å². The van der Waals surface area contributed by atoms with Crippen LogP contribution in [0.15, 0.2) is 12.3 Å². The molecule has 4 rings (SSSR count). The maximum atomic E-state index is 6.20. The van der Waals surface area contributed by atoms with Gasteiger partial charge in [0.2, 0.25) is 0 Å². The second-order valence-corrected chi connectivity index (χ2v) is 5.33. The fourth-order valence-corrected chi connectivity index (χ4v) is 3.06. The molecule has 0 aromatic carbocycles. The number of aromatic nitrogens is 4. The number of rotatable bonds is 0. The number of pyridine rings is 1. The normalized spacial score (nSPS) is 18.8. The average Bonchev–Trinajstić information content (AvgIpc) is 2.68. The minimum absolute atomic E-state index is 0.0801. The molecular formula is C12H12ClN5. The van der Waals surface area contributed by atoms with E-state index in [0.29, 0.717) is 5.15 Å². The van der Waals surface area contributed by atoms with Crippen LogP contribution >= 0.6 is 11.6 Å². The summed E-state index contributed by atoms with van der Waals surface area (Å²) in [5, 5.41) is 13.1. The van der Waals surface area contributed by atoms with Crippen LogP contribution in [-0.2, 0) is 12.6 Å². The first-order valence-corrected chi connectivity index (χ1v) is 6.42. The molecule has 2 aliphatic rings. The summed E-state index contributed by atoms with van der Waals surface area (Å²) in [5.41, 5.74) is 3.80. The molecule has 2 aromatic heterocycles. The summed E-state index contributed by atoms with van der Waals surface area (Å²) in [6.45, 7) is 0. The van der Waals surface area contributed by atoms with Gasteiger partial charge in [-0.2, -0.15) is 15.0 Å². The lowest BCUT2D eigenvalue weighted by Crippen LogP contribution is -2.44. The summed E-state index contributed by atoms with van der Waals surface area (Å²) in [4.78, 5) is 5.78. The Balaban J connectivity index is 2.03. The Morgan fingerprint density at radius 3 is 2.94 bits per heavy atom. The number of hydrogen-bond acceptors (Lipinski definition) is 4. The fourth-order valence-electron chi connectivity index (χ4n) is 2.85. The summed E-state index contributed by atoms with van der Waals surface area (Å²) in [5.74, 6) is 0. The Hall–Kier alpha value is -1.62. The van der Waals surface area contributed by atoms with E-state index in [1.54, 1.807) is 11.0 Å². The lowest BCUT2D eigenvalue weighted by molar-refractivity contribution is 0.274. The van der Waals surface area contributed by atoms with Gasteiger partial charge in [0.25, 0.3) is 0 Å². The molecule has 0 saturated heterocycles. The molecule has 92 valence electrons. The minimum atomic E-state index is -0.0801. The Bertz CT molecular complexity index is 644. The van der Waals surface area contributed by atoms with Gasteiger partial charge in [-0.1, -0.05) is 11.6 Å². The third kappa shape index (κ3) is 1.15. The second kappa shape index (κ2) is 3.23. The molecule has 1 saturated carbocycles. The van der Waals surface area contributed by atoms with E-state index in [1.807, 2.05) is 13.1 Å². The maximum absolute atomic E-state index is 6.20. The molecule has 0 amide bonds. The highest BCUT2D eigenvalue weighted by molar-refractivity contribution is 6.32. The monoisotopic (exact) mass is 261 g/mol. The van der Waals surface area contributed by atoms with Crippen molar-refractivity contribution in [2.24, 2.45) is 7.05 Å². The summed E-state index contributed by atoms with van der Waals surface area (Å²) in [6, 6.07) is 1.94. The van der Waals surface area contributed by atoms with Crippen LogP contribution in [-0.4, -0.2) is 20.0 Å². The van der Waals surface area contributed by atoms with Gasteiger partial charge in [-0.05, 0) is 25.3 Å². The van der Waals surface area contributed by atoms with E-state index in [-0.39, 0.29) is 5.54 Å². The van der Waals surface area contributed by atoms with Gasteiger partial charge < -0.3 is 5.32 Å². The van der Waals surface area contributed by atoms with Gasteiger partial charge >= 0.3 is 0 Å². The van der Waals surface area contributed by atoms with Gasteiger partial charge in [-0.25, -0.2) is 4.98 Å². The fraction of sp³-hybridized carbons (Fsp3) is 0.417. The topological polar surface area (TPSA) is 55.6 Å². The number of halogens is 1. The van der Waals surface area contributed by atoms with Gasteiger partial charge in [-0.3, -0.25) is 0 Å². The molecule has 1 aliphatic heterocycles. The number of hydrogen-bond donors (Lipinski definition) is 1. The zero-order chi connectivity index (χ0) is 12.3. The van der Waals surface area contributed by atoms with Crippen LogP contribution in [0.3, 0.4) is 0 Å². The quantitative estimate of drug-likeness (QED) is 0.740.